The summed E-state index contributed by atoms with van der Waals surface area (Å²) in [6.45, 7) is 1.83. The van der Waals surface area contributed by atoms with Crippen LogP contribution in [-0.2, 0) is 14.8 Å². The molecular formula is C6H11NO3S. The maximum absolute atomic E-state index is 10.9. The number of nitrogens with one attached hydrogen (secondary N) is 1. The van der Waals surface area contributed by atoms with Crippen molar-refractivity contribution in [2.24, 2.45) is 5.92 Å². The minimum atomic E-state index is -3.15. The lowest BCUT2D eigenvalue weighted by Crippen LogP contribution is -2.39. The van der Waals surface area contributed by atoms with Crippen LogP contribution in [0.4, 0.5) is 0 Å². The van der Waals surface area contributed by atoms with Crippen LogP contribution in [0.15, 0.2) is 0 Å². The Bertz CT molecular complexity index is 257. The normalized spacial score (nSPS) is 29.7. The summed E-state index contributed by atoms with van der Waals surface area (Å²) in [5, 5.41) is 0. The van der Waals surface area contributed by atoms with Gasteiger partial charge in [-0.25, -0.2) is 13.1 Å². The quantitative estimate of drug-likeness (QED) is 0.588. The summed E-state index contributed by atoms with van der Waals surface area (Å²) in [6.07, 6.45) is 0.633. The predicted octanol–water partition coefficient (Wildman–Crippen LogP) is -0.485. The van der Waals surface area contributed by atoms with Crippen LogP contribution in [0.3, 0.4) is 0 Å². The van der Waals surface area contributed by atoms with Crippen molar-refractivity contribution in [3.63, 3.8) is 0 Å². The number of carbonyl (C=O) groups excluding carboxylic acids is 1. The molecule has 0 aromatic carbocycles. The fourth-order valence-electron chi connectivity index (χ4n) is 1.12. The van der Waals surface area contributed by atoms with Gasteiger partial charge in [-0.1, -0.05) is 0 Å². The van der Waals surface area contributed by atoms with Crippen molar-refractivity contribution in [2.45, 2.75) is 13.3 Å². The Hall–Kier alpha value is -0.420. The molecule has 0 saturated carbocycles. The first kappa shape index (κ1) is 8.67. The van der Waals surface area contributed by atoms with Gasteiger partial charge in [0.2, 0.25) is 10.0 Å². The third kappa shape index (κ3) is 2.27. The molecule has 1 N–H and O–H groups in total. The Kier molecular flexibility index (Phi) is 2.29. The second-order valence-electron chi connectivity index (χ2n) is 2.77. The molecule has 0 aromatic rings. The topological polar surface area (TPSA) is 63.2 Å². The van der Waals surface area contributed by atoms with Gasteiger partial charge in [0.1, 0.15) is 5.78 Å². The van der Waals surface area contributed by atoms with Crippen molar-refractivity contribution >= 4 is 15.8 Å². The molecule has 0 bridgehead atoms. The summed E-state index contributed by atoms with van der Waals surface area (Å²) in [5.74, 6) is -0.362. The van der Waals surface area contributed by atoms with Crippen molar-refractivity contribution in [3.8, 4) is 0 Å². The van der Waals surface area contributed by atoms with Crippen LogP contribution in [0.1, 0.15) is 13.3 Å². The molecule has 1 atom stereocenters. The van der Waals surface area contributed by atoms with Gasteiger partial charge in [0.15, 0.2) is 0 Å². The van der Waals surface area contributed by atoms with E-state index >= 15 is 0 Å². The van der Waals surface area contributed by atoms with Gasteiger partial charge in [0, 0.05) is 12.5 Å². The number of ketones is 1. The van der Waals surface area contributed by atoms with Crippen LogP contribution in [0.25, 0.3) is 0 Å². The van der Waals surface area contributed by atoms with Crippen LogP contribution in [0.5, 0.6) is 0 Å². The minimum absolute atomic E-state index is 0.0323. The van der Waals surface area contributed by atoms with Gasteiger partial charge in [0.05, 0.1) is 5.75 Å². The van der Waals surface area contributed by atoms with E-state index in [1.165, 1.54) is 6.92 Å². The van der Waals surface area contributed by atoms with E-state index in [1.54, 1.807) is 0 Å². The molecule has 1 saturated heterocycles. The summed E-state index contributed by atoms with van der Waals surface area (Å²) < 4.78 is 24.2. The molecule has 0 spiro atoms. The third-order valence-corrected chi connectivity index (χ3v) is 3.30. The first-order valence-corrected chi connectivity index (χ1v) is 5.14. The third-order valence-electron chi connectivity index (χ3n) is 1.81. The highest BCUT2D eigenvalue weighted by Crippen LogP contribution is 2.11. The zero-order valence-corrected chi connectivity index (χ0v) is 7.15. The second kappa shape index (κ2) is 2.91. The Morgan fingerprint density at radius 3 is 2.55 bits per heavy atom. The Morgan fingerprint density at radius 2 is 2.18 bits per heavy atom. The molecule has 1 unspecified atom stereocenters. The second-order valence-corrected chi connectivity index (χ2v) is 4.62. The highest BCUT2D eigenvalue weighted by Gasteiger charge is 2.26. The molecule has 4 nitrogen and oxygen atoms in total. The summed E-state index contributed by atoms with van der Waals surface area (Å²) >= 11 is 0. The van der Waals surface area contributed by atoms with E-state index in [9.17, 15) is 13.2 Å². The van der Waals surface area contributed by atoms with Crippen molar-refractivity contribution in [2.75, 3.05) is 12.3 Å². The molecule has 0 radical (unpaired) electrons. The molecule has 1 rings (SSSR count). The highest BCUT2D eigenvalue weighted by molar-refractivity contribution is 7.89. The molecule has 1 aliphatic heterocycles. The molecule has 11 heavy (non-hydrogen) atoms. The largest absolute Gasteiger partial charge is 0.300 e. The number of carbonyl (C=O) groups is 1. The van der Waals surface area contributed by atoms with Crippen LogP contribution >= 0.6 is 0 Å². The summed E-state index contributed by atoms with van der Waals surface area (Å²) in [6, 6.07) is 0. The van der Waals surface area contributed by atoms with Gasteiger partial charge in [-0.05, 0) is 13.3 Å². The number of sulfonamides is 1. The average Bonchev–Trinajstić information content (AvgIpc) is 1.85. The van der Waals surface area contributed by atoms with Crippen molar-refractivity contribution in [1.82, 2.24) is 4.72 Å². The van der Waals surface area contributed by atoms with Crippen LogP contribution in [0, 0.1) is 5.92 Å². The van der Waals surface area contributed by atoms with Gasteiger partial charge in [-0.15, -0.1) is 0 Å². The monoisotopic (exact) mass is 177 g/mol. The molecule has 0 aliphatic carbocycles. The number of Topliss-reactive ketones (excluding diaryl/α,β-unsaturated/α-hetero) is 1. The Morgan fingerprint density at radius 1 is 1.55 bits per heavy atom. The van der Waals surface area contributed by atoms with E-state index < -0.39 is 10.0 Å². The molecule has 1 aliphatic rings. The van der Waals surface area contributed by atoms with Crippen molar-refractivity contribution in [3.05, 3.63) is 0 Å². The summed E-state index contributed by atoms with van der Waals surface area (Å²) in [5.41, 5.74) is 0. The summed E-state index contributed by atoms with van der Waals surface area (Å²) in [7, 11) is -3.15. The maximum atomic E-state index is 10.9. The van der Waals surface area contributed by atoms with E-state index in [4.69, 9.17) is 0 Å². The van der Waals surface area contributed by atoms with Crippen LogP contribution in [-0.4, -0.2) is 26.5 Å². The van der Waals surface area contributed by atoms with Crippen molar-refractivity contribution in [1.29, 1.82) is 0 Å². The Labute approximate surface area is 66.0 Å². The van der Waals surface area contributed by atoms with E-state index in [2.05, 4.69) is 4.72 Å². The van der Waals surface area contributed by atoms with Gasteiger partial charge in [-0.3, -0.25) is 4.79 Å². The molecule has 1 fully saturated rings. The Balaban J connectivity index is 2.68. The fraction of sp³-hybridized carbons (Fsp3) is 0.833. The molecule has 64 valence electrons. The van der Waals surface area contributed by atoms with Crippen LogP contribution < -0.4 is 4.72 Å². The number of rotatable bonds is 1. The molecule has 0 amide bonds. The minimum Gasteiger partial charge on any atom is -0.300 e. The SMILES string of the molecule is CC(=O)C1CCNS(=O)(=O)C1. The zero-order chi connectivity index (χ0) is 8.48. The van der Waals surface area contributed by atoms with E-state index in [0.717, 1.165) is 0 Å². The van der Waals surface area contributed by atoms with Gasteiger partial charge < -0.3 is 0 Å². The van der Waals surface area contributed by atoms with Gasteiger partial charge in [-0.2, -0.15) is 0 Å². The lowest BCUT2D eigenvalue weighted by Gasteiger charge is -2.19. The van der Waals surface area contributed by atoms with E-state index in [0.29, 0.717) is 13.0 Å². The molecular weight excluding hydrogens is 166 g/mol. The van der Waals surface area contributed by atoms with Gasteiger partial charge in [0.25, 0.3) is 0 Å². The first-order chi connectivity index (χ1) is 5.01. The lowest BCUT2D eigenvalue weighted by molar-refractivity contribution is -0.120. The molecule has 5 heteroatoms. The van der Waals surface area contributed by atoms with E-state index in [1.807, 2.05) is 0 Å². The van der Waals surface area contributed by atoms with Gasteiger partial charge >= 0.3 is 0 Å². The standard InChI is InChI=1S/C6H11NO3S/c1-5(8)6-2-3-7-11(9,10)4-6/h6-7H,2-4H2,1H3. The number of hydrogen-bond donors (Lipinski definition) is 1. The average molecular weight is 177 g/mol. The van der Waals surface area contributed by atoms with E-state index in [-0.39, 0.29) is 17.5 Å². The van der Waals surface area contributed by atoms with Crippen LogP contribution in [0.2, 0.25) is 0 Å². The smallest absolute Gasteiger partial charge is 0.212 e. The molecule has 0 aromatic heterocycles. The number of hydrogen-bond acceptors (Lipinski definition) is 3. The van der Waals surface area contributed by atoms with Crippen molar-refractivity contribution < 1.29 is 13.2 Å². The predicted molar refractivity (Wildman–Crippen MR) is 40.6 cm³/mol. The zero-order valence-electron chi connectivity index (χ0n) is 6.33. The molecule has 1 heterocycles. The maximum Gasteiger partial charge on any atom is 0.212 e. The summed E-state index contributed by atoms with van der Waals surface area (Å²) in [4.78, 5) is 10.8. The lowest BCUT2D eigenvalue weighted by atomic mass is 10.0. The highest BCUT2D eigenvalue weighted by atomic mass is 32.2. The fourth-order valence-corrected chi connectivity index (χ4v) is 2.59. The first-order valence-electron chi connectivity index (χ1n) is 3.49.